The molecule has 0 saturated carbocycles. The molecular weight excluding hydrogens is 434 g/mol. The van der Waals surface area contributed by atoms with Gasteiger partial charge in [0.15, 0.2) is 0 Å². The Bertz CT molecular complexity index is 1110. The van der Waals surface area contributed by atoms with E-state index in [9.17, 15) is 9.59 Å². The minimum Gasteiger partial charge on any atom is -0.349 e. The predicted octanol–water partition coefficient (Wildman–Crippen LogP) is 5.48. The molecule has 5 nitrogen and oxygen atoms in total. The number of nitrogens with one attached hydrogen (secondary N) is 1. The van der Waals surface area contributed by atoms with Crippen LogP contribution in [0.15, 0.2) is 84.9 Å². The SMILES string of the molecule is Cc1ccccc1C(=O)NC1C[C@H]2CCC[C@@H](C1)N2CC(=O)N(c1ccccc1)c1ccccc1. The number of hydrogen-bond acceptors (Lipinski definition) is 3. The Balaban J connectivity index is 1.30. The average Bonchev–Trinajstić information content (AvgIpc) is 2.86. The van der Waals surface area contributed by atoms with Crippen molar-refractivity contribution in [1.29, 1.82) is 0 Å². The van der Waals surface area contributed by atoms with Gasteiger partial charge in [-0.3, -0.25) is 19.4 Å². The maximum absolute atomic E-state index is 13.7. The van der Waals surface area contributed by atoms with Crippen molar-refractivity contribution in [2.45, 2.75) is 57.2 Å². The Morgan fingerprint density at radius 1 is 0.829 bits per heavy atom. The molecule has 0 aromatic heterocycles. The van der Waals surface area contributed by atoms with Gasteiger partial charge in [-0.15, -0.1) is 0 Å². The highest BCUT2D eigenvalue weighted by atomic mass is 16.2. The van der Waals surface area contributed by atoms with Crippen LogP contribution in [0.2, 0.25) is 0 Å². The van der Waals surface area contributed by atoms with E-state index in [1.807, 2.05) is 96.8 Å². The number of nitrogens with zero attached hydrogens (tertiary/aromatic N) is 2. The van der Waals surface area contributed by atoms with Crippen LogP contribution in [0.1, 0.15) is 48.0 Å². The van der Waals surface area contributed by atoms with Crippen molar-refractivity contribution in [2.75, 3.05) is 11.4 Å². The largest absolute Gasteiger partial charge is 0.349 e. The summed E-state index contributed by atoms with van der Waals surface area (Å²) >= 11 is 0. The van der Waals surface area contributed by atoms with E-state index in [2.05, 4.69) is 10.2 Å². The van der Waals surface area contributed by atoms with Crippen LogP contribution in [-0.4, -0.2) is 41.4 Å². The fourth-order valence-corrected chi connectivity index (χ4v) is 5.76. The third-order valence-corrected chi connectivity index (χ3v) is 7.45. The molecule has 5 rings (SSSR count). The summed E-state index contributed by atoms with van der Waals surface area (Å²) in [6, 6.07) is 28.2. The van der Waals surface area contributed by atoms with E-state index in [-0.39, 0.29) is 17.9 Å². The smallest absolute Gasteiger partial charge is 0.251 e. The van der Waals surface area contributed by atoms with Crippen LogP contribution in [0.25, 0.3) is 0 Å². The number of fused-ring (bicyclic) bond motifs is 2. The monoisotopic (exact) mass is 467 g/mol. The summed E-state index contributed by atoms with van der Waals surface area (Å²) in [6.07, 6.45) is 5.09. The highest BCUT2D eigenvalue weighted by Crippen LogP contribution is 2.35. The molecule has 2 amide bonds. The minimum absolute atomic E-state index is 0.00929. The highest BCUT2D eigenvalue weighted by Gasteiger charge is 2.40. The van der Waals surface area contributed by atoms with Gasteiger partial charge in [-0.05, 0) is 68.5 Å². The van der Waals surface area contributed by atoms with Crippen LogP contribution >= 0.6 is 0 Å². The van der Waals surface area contributed by atoms with E-state index in [4.69, 9.17) is 0 Å². The van der Waals surface area contributed by atoms with Crippen molar-refractivity contribution in [2.24, 2.45) is 0 Å². The number of amides is 2. The highest BCUT2D eigenvalue weighted by molar-refractivity contribution is 6.01. The second-order valence-electron chi connectivity index (χ2n) is 9.77. The van der Waals surface area contributed by atoms with Crippen molar-refractivity contribution in [3.05, 3.63) is 96.1 Å². The number of carbonyl (C=O) groups excluding carboxylic acids is 2. The number of carbonyl (C=O) groups is 2. The van der Waals surface area contributed by atoms with E-state index >= 15 is 0 Å². The summed E-state index contributed by atoms with van der Waals surface area (Å²) < 4.78 is 0. The standard InChI is InChI=1S/C30H33N3O2/c1-22-11-8-9-18-28(22)30(35)31-23-19-26-16-10-17-27(20-23)32(26)21-29(34)33(24-12-4-2-5-13-24)25-14-6-3-7-15-25/h2-9,11-15,18,23,26-27H,10,16-17,19-21H2,1H3,(H,31,35)/t23?,26-,27+. The summed E-state index contributed by atoms with van der Waals surface area (Å²) in [4.78, 5) is 30.9. The summed E-state index contributed by atoms with van der Waals surface area (Å²) in [5.74, 6) is 0.0942. The summed E-state index contributed by atoms with van der Waals surface area (Å²) in [5.41, 5.74) is 3.51. The van der Waals surface area contributed by atoms with Gasteiger partial charge in [-0.1, -0.05) is 61.0 Å². The number of hydrogen-bond donors (Lipinski definition) is 1. The zero-order valence-electron chi connectivity index (χ0n) is 20.3. The Morgan fingerprint density at radius 3 is 1.94 bits per heavy atom. The predicted molar refractivity (Wildman–Crippen MR) is 140 cm³/mol. The lowest BCUT2D eigenvalue weighted by atomic mass is 9.81. The van der Waals surface area contributed by atoms with Crippen molar-refractivity contribution in [1.82, 2.24) is 10.2 Å². The average molecular weight is 468 g/mol. The molecule has 2 saturated heterocycles. The molecule has 0 radical (unpaired) electrons. The molecule has 3 aromatic carbocycles. The zero-order valence-corrected chi connectivity index (χ0v) is 20.3. The number of piperidine rings is 2. The van der Waals surface area contributed by atoms with Gasteiger partial charge in [0, 0.05) is 35.1 Å². The molecule has 1 N–H and O–H groups in total. The molecule has 5 heteroatoms. The molecule has 0 spiro atoms. The molecule has 2 aliphatic heterocycles. The Morgan fingerprint density at radius 2 is 1.37 bits per heavy atom. The van der Waals surface area contributed by atoms with Crippen LogP contribution in [0.5, 0.6) is 0 Å². The van der Waals surface area contributed by atoms with Crippen molar-refractivity contribution in [3.63, 3.8) is 0 Å². The van der Waals surface area contributed by atoms with Crippen molar-refractivity contribution in [3.8, 4) is 0 Å². The summed E-state index contributed by atoms with van der Waals surface area (Å²) in [7, 11) is 0. The molecule has 1 unspecified atom stereocenters. The normalized spacial score (nSPS) is 21.8. The van der Waals surface area contributed by atoms with E-state index in [0.29, 0.717) is 18.6 Å². The van der Waals surface area contributed by atoms with Gasteiger partial charge in [0.05, 0.1) is 6.54 Å². The first kappa shape index (κ1) is 23.3. The third-order valence-electron chi connectivity index (χ3n) is 7.45. The Hall–Kier alpha value is -3.44. The molecule has 3 atom stereocenters. The number of anilines is 2. The molecule has 2 bridgehead atoms. The fourth-order valence-electron chi connectivity index (χ4n) is 5.76. The Labute approximate surface area is 207 Å². The van der Waals surface area contributed by atoms with Crippen LogP contribution in [0.4, 0.5) is 11.4 Å². The van der Waals surface area contributed by atoms with Gasteiger partial charge in [0.25, 0.3) is 5.91 Å². The van der Waals surface area contributed by atoms with Gasteiger partial charge < -0.3 is 5.32 Å². The lowest BCUT2D eigenvalue weighted by molar-refractivity contribution is -0.121. The summed E-state index contributed by atoms with van der Waals surface area (Å²) in [6.45, 7) is 2.36. The maximum atomic E-state index is 13.7. The fraction of sp³-hybridized carbons (Fsp3) is 0.333. The third kappa shape index (κ3) is 5.15. The topological polar surface area (TPSA) is 52.7 Å². The van der Waals surface area contributed by atoms with Crippen LogP contribution in [0, 0.1) is 6.92 Å². The van der Waals surface area contributed by atoms with Crippen LogP contribution in [0.3, 0.4) is 0 Å². The second kappa shape index (κ2) is 10.4. The lowest BCUT2D eigenvalue weighted by Crippen LogP contribution is -2.59. The molecule has 2 aliphatic rings. The molecule has 180 valence electrons. The first-order valence-electron chi connectivity index (χ1n) is 12.7. The molecule has 0 aliphatic carbocycles. The molecule has 3 aromatic rings. The quantitative estimate of drug-likeness (QED) is 0.523. The van der Waals surface area contributed by atoms with Crippen molar-refractivity contribution >= 4 is 23.2 Å². The Kier molecular flexibility index (Phi) is 6.96. The number of aryl methyl sites for hydroxylation is 1. The van der Waals surface area contributed by atoms with E-state index in [1.54, 1.807) is 0 Å². The summed E-state index contributed by atoms with van der Waals surface area (Å²) in [5, 5.41) is 3.29. The van der Waals surface area contributed by atoms with E-state index in [1.165, 1.54) is 6.42 Å². The van der Waals surface area contributed by atoms with Gasteiger partial charge in [-0.2, -0.15) is 0 Å². The van der Waals surface area contributed by atoms with Gasteiger partial charge >= 0.3 is 0 Å². The van der Waals surface area contributed by atoms with Gasteiger partial charge in [-0.25, -0.2) is 0 Å². The first-order chi connectivity index (χ1) is 17.1. The van der Waals surface area contributed by atoms with Crippen LogP contribution in [-0.2, 0) is 4.79 Å². The van der Waals surface area contributed by atoms with Gasteiger partial charge in [0.2, 0.25) is 5.91 Å². The van der Waals surface area contributed by atoms with Crippen LogP contribution < -0.4 is 10.2 Å². The lowest BCUT2D eigenvalue weighted by Gasteiger charge is -2.49. The molecular formula is C30H33N3O2. The molecule has 35 heavy (non-hydrogen) atoms. The minimum atomic E-state index is 0.00929. The molecule has 2 heterocycles. The number of rotatable bonds is 6. The molecule has 2 fully saturated rings. The maximum Gasteiger partial charge on any atom is 0.251 e. The first-order valence-corrected chi connectivity index (χ1v) is 12.7. The van der Waals surface area contributed by atoms with E-state index in [0.717, 1.165) is 48.2 Å². The van der Waals surface area contributed by atoms with Crippen molar-refractivity contribution < 1.29 is 9.59 Å². The van der Waals surface area contributed by atoms with E-state index < -0.39 is 0 Å². The number of para-hydroxylation sites is 2. The zero-order chi connectivity index (χ0) is 24.2. The number of benzene rings is 3. The van der Waals surface area contributed by atoms with Gasteiger partial charge in [0.1, 0.15) is 0 Å². The second-order valence-corrected chi connectivity index (χ2v) is 9.77.